The molecule has 0 unspecified atom stereocenters. The molecule has 196 valence electrons. The molecule has 2 heterocycles. The highest BCUT2D eigenvalue weighted by atomic mass is 15.0. The van der Waals surface area contributed by atoms with Gasteiger partial charge in [-0.15, -0.1) is 0 Å². The van der Waals surface area contributed by atoms with E-state index in [1.165, 1.54) is 77.2 Å². The Labute approximate surface area is 239 Å². The molecule has 0 radical (unpaired) electrons. The average molecular weight is 527 g/mol. The van der Waals surface area contributed by atoms with Crippen molar-refractivity contribution in [1.82, 2.24) is 9.13 Å². The van der Waals surface area contributed by atoms with Crippen LogP contribution in [0.5, 0.6) is 0 Å². The summed E-state index contributed by atoms with van der Waals surface area (Å²) in [4.78, 5) is 0. The largest absolute Gasteiger partial charge is 0.308 e. The second kappa shape index (κ2) is 9.25. The van der Waals surface area contributed by atoms with Gasteiger partial charge in [-0.25, -0.2) is 0 Å². The quantitative estimate of drug-likeness (QED) is 0.159. The zero-order valence-corrected chi connectivity index (χ0v) is 23.1. The Bertz CT molecular complexity index is 2180. The number of nitrogens with zero attached hydrogens (tertiary/aromatic N) is 2. The number of aryl methyl sites for hydroxylation is 2. The van der Waals surface area contributed by atoms with Gasteiger partial charge in [-0.05, 0) is 55.2 Å². The Kier molecular flexibility index (Phi) is 5.36. The Morgan fingerprint density at radius 2 is 1.15 bits per heavy atom. The summed E-state index contributed by atoms with van der Waals surface area (Å²) in [6, 6.07) is 35.5. The maximum Gasteiger partial charge on any atom is 0.0620 e. The van der Waals surface area contributed by atoms with Crippen molar-refractivity contribution in [3.63, 3.8) is 0 Å². The van der Waals surface area contributed by atoms with Gasteiger partial charge in [-0.1, -0.05) is 110 Å². The predicted octanol–water partition coefficient (Wildman–Crippen LogP) is 10.3. The summed E-state index contributed by atoms with van der Waals surface area (Å²) in [7, 11) is 0. The lowest BCUT2D eigenvalue weighted by Gasteiger charge is -2.22. The van der Waals surface area contributed by atoms with Crippen molar-refractivity contribution in [3.8, 4) is 11.4 Å². The van der Waals surface area contributed by atoms with E-state index in [9.17, 15) is 0 Å². The predicted molar refractivity (Wildman–Crippen MR) is 176 cm³/mol. The monoisotopic (exact) mass is 526 g/mol. The molecule has 8 rings (SSSR count). The third-order valence-electron chi connectivity index (χ3n) is 8.74. The number of para-hydroxylation sites is 2. The van der Waals surface area contributed by atoms with Gasteiger partial charge in [0.25, 0.3) is 0 Å². The van der Waals surface area contributed by atoms with E-state index in [1.807, 2.05) is 12.2 Å². The average Bonchev–Trinajstić information content (AvgIpc) is 3.50. The lowest BCUT2D eigenvalue weighted by atomic mass is 9.97. The third kappa shape index (κ3) is 3.37. The van der Waals surface area contributed by atoms with E-state index in [2.05, 4.69) is 138 Å². The van der Waals surface area contributed by atoms with Crippen molar-refractivity contribution in [2.75, 3.05) is 0 Å². The summed E-state index contributed by atoms with van der Waals surface area (Å²) in [5.41, 5.74) is 10.1. The molecule has 5 aromatic carbocycles. The van der Waals surface area contributed by atoms with Crippen LogP contribution in [0.4, 0.5) is 0 Å². The van der Waals surface area contributed by atoms with Gasteiger partial charge in [0.1, 0.15) is 0 Å². The lowest BCUT2D eigenvalue weighted by Crippen LogP contribution is -2.06. The number of benzene rings is 5. The van der Waals surface area contributed by atoms with E-state index in [0.29, 0.717) is 0 Å². The van der Waals surface area contributed by atoms with Crippen LogP contribution in [-0.4, -0.2) is 9.13 Å². The molecule has 41 heavy (non-hydrogen) atoms. The Hall–Kier alpha value is -5.08. The standard InChI is InChI=1S/C39H30N2/c1-3-4-22-34-26(2)27-15-9-12-23-35(27)40(34)38-30-18-5-7-20-32(30)39(33-21-8-6-19-31(33)38)41-36-24-13-10-16-28(36)29-17-11-14-25-37(29)41/h3-10,12-16,18-25H,1,11,17H2,2H3/b22-4-. The van der Waals surface area contributed by atoms with Crippen molar-refractivity contribution < 1.29 is 0 Å². The Balaban J connectivity index is 1.59. The van der Waals surface area contributed by atoms with E-state index >= 15 is 0 Å². The molecule has 2 heteroatoms. The second-order valence-corrected chi connectivity index (χ2v) is 10.9. The molecule has 0 aliphatic heterocycles. The van der Waals surface area contributed by atoms with Crippen LogP contribution in [0.15, 0.2) is 122 Å². The normalized spacial score (nSPS) is 13.2. The number of rotatable bonds is 4. The molecule has 0 spiro atoms. The molecule has 0 N–H and O–H groups in total. The molecular formula is C39H30N2. The molecule has 0 atom stereocenters. The third-order valence-corrected chi connectivity index (χ3v) is 8.74. The number of fused-ring (bicyclic) bond motifs is 6. The van der Waals surface area contributed by atoms with Gasteiger partial charge >= 0.3 is 0 Å². The van der Waals surface area contributed by atoms with Gasteiger partial charge in [-0.2, -0.15) is 0 Å². The molecule has 1 aliphatic carbocycles. The van der Waals surface area contributed by atoms with Crippen molar-refractivity contribution >= 4 is 55.5 Å². The minimum atomic E-state index is 1.07. The number of aromatic nitrogens is 2. The summed E-state index contributed by atoms with van der Waals surface area (Å²) in [5, 5.41) is 7.59. The first kappa shape index (κ1) is 23.8. The highest BCUT2D eigenvalue weighted by Crippen LogP contribution is 2.44. The van der Waals surface area contributed by atoms with Crippen LogP contribution in [0, 0.1) is 6.92 Å². The smallest absolute Gasteiger partial charge is 0.0620 e. The van der Waals surface area contributed by atoms with Crippen LogP contribution in [0.1, 0.15) is 28.9 Å². The zero-order chi connectivity index (χ0) is 27.5. The SMILES string of the molecule is C=C/C=C\c1c(C)c2ccccc2n1-c1c2ccccc2c(-n2c3c(c4ccccc42)CCC=C3)c2ccccc12. The molecule has 0 fully saturated rings. The van der Waals surface area contributed by atoms with E-state index in [-0.39, 0.29) is 0 Å². The first-order valence-electron chi connectivity index (χ1n) is 14.4. The van der Waals surface area contributed by atoms with Gasteiger partial charge in [0.15, 0.2) is 0 Å². The van der Waals surface area contributed by atoms with E-state index in [1.54, 1.807) is 0 Å². The van der Waals surface area contributed by atoms with Crippen LogP contribution in [0.3, 0.4) is 0 Å². The van der Waals surface area contributed by atoms with E-state index in [0.717, 1.165) is 12.8 Å². The van der Waals surface area contributed by atoms with Gasteiger partial charge in [-0.3, -0.25) is 0 Å². The van der Waals surface area contributed by atoms with Gasteiger partial charge < -0.3 is 9.13 Å². The molecule has 0 saturated heterocycles. The zero-order valence-electron chi connectivity index (χ0n) is 23.1. The fourth-order valence-corrected chi connectivity index (χ4v) is 7.01. The minimum Gasteiger partial charge on any atom is -0.308 e. The summed E-state index contributed by atoms with van der Waals surface area (Å²) in [6.45, 7) is 6.18. The van der Waals surface area contributed by atoms with E-state index < -0.39 is 0 Å². The van der Waals surface area contributed by atoms with Gasteiger partial charge in [0.05, 0.1) is 22.4 Å². The maximum absolute atomic E-state index is 3.96. The second-order valence-electron chi connectivity index (χ2n) is 10.9. The summed E-state index contributed by atoms with van der Waals surface area (Å²) in [5.74, 6) is 0. The van der Waals surface area contributed by atoms with Crippen LogP contribution in [0.25, 0.3) is 66.9 Å². The van der Waals surface area contributed by atoms with Gasteiger partial charge in [0.2, 0.25) is 0 Å². The Morgan fingerprint density at radius 3 is 1.76 bits per heavy atom. The summed E-state index contributed by atoms with van der Waals surface area (Å²) >= 11 is 0. The summed E-state index contributed by atoms with van der Waals surface area (Å²) < 4.78 is 4.98. The highest BCUT2D eigenvalue weighted by Gasteiger charge is 2.24. The number of allylic oxidation sites excluding steroid dienone is 3. The maximum atomic E-state index is 3.96. The molecule has 0 bridgehead atoms. The molecule has 1 aliphatic rings. The number of hydrogen-bond donors (Lipinski definition) is 0. The lowest BCUT2D eigenvalue weighted by molar-refractivity contribution is 0.971. The summed E-state index contributed by atoms with van der Waals surface area (Å²) in [6.07, 6.45) is 12.9. The molecule has 0 saturated carbocycles. The first-order valence-corrected chi connectivity index (χ1v) is 14.4. The van der Waals surface area contributed by atoms with Crippen molar-refractivity contribution in [2.24, 2.45) is 0 Å². The molecule has 0 amide bonds. The fourth-order valence-electron chi connectivity index (χ4n) is 7.01. The van der Waals surface area contributed by atoms with Crippen LogP contribution < -0.4 is 0 Å². The first-order chi connectivity index (χ1) is 20.3. The topological polar surface area (TPSA) is 9.86 Å². The van der Waals surface area contributed by atoms with Gasteiger partial charge in [0, 0.05) is 43.7 Å². The van der Waals surface area contributed by atoms with Crippen molar-refractivity contribution in [2.45, 2.75) is 19.8 Å². The molecule has 7 aromatic rings. The van der Waals surface area contributed by atoms with Crippen molar-refractivity contribution in [1.29, 1.82) is 0 Å². The Morgan fingerprint density at radius 1 is 0.634 bits per heavy atom. The molecule has 2 aromatic heterocycles. The molecular weight excluding hydrogens is 496 g/mol. The van der Waals surface area contributed by atoms with E-state index in [4.69, 9.17) is 0 Å². The highest BCUT2D eigenvalue weighted by molar-refractivity contribution is 6.16. The minimum absolute atomic E-state index is 1.07. The van der Waals surface area contributed by atoms with Crippen LogP contribution in [-0.2, 0) is 6.42 Å². The molecule has 2 nitrogen and oxygen atoms in total. The van der Waals surface area contributed by atoms with Crippen LogP contribution in [0.2, 0.25) is 0 Å². The number of hydrogen-bond acceptors (Lipinski definition) is 0. The van der Waals surface area contributed by atoms with Crippen molar-refractivity contribution in [3.05, 3.63) is 144 Å². The van der Waals surface area contributed by atoms with Crippen LogP contribution >= 0.6 is 0 Å². The fraction of sp³-hybridized carbons (Fsp3) is 0.0769.